The van der Waals surface area contributed by atoms with E-state index in [1.54, 1.807) is 37.5 Å². The average Bonchev–Trinajstić information content (AvgIpc) is 2.71. The van der Waals surface area contributed by atoms with Crippen LogP contribution in [0.3, 0.4) is 0 Å². The number of Topliss-reactive ketones (excluding diaryl/α,β-unsaturated/α-hetero) is 3. The minimum atomic E-state index is -0.745. The molecule has 3 aliphatic rings. The lowest BCUT2D eigenvalue weighted by Gasteiger charge is -2.35. The Labute approximate surface area is 162 Å². The maximum Gasteiger partial charge on any atom is 0.229 e. The smallest absolute Gasteiger partial charge is 0.229 e. The van der Waals surface area contributed by atoms with Crippen LogP contribution < -0.4 is 0 Å². The van der Waals surface area contributed by atoms with Gasteiger partial charge in [0.05, 0.1) is 11.5 Å². The third kappa shape index (κ3) is 2.60. The molecule has 0 radical (unpaired) electrons. The summed E-state index contributed by atoms with van der Waals surface area (Å²) in [5, 5.41) is 0. The molecule has 6 heteroatoms. The number of carbonyl (C=O) groups excluding carboxylic acids is 3. The summed E-state index contributed by atoms with van der Waals surface area (Å²) in [7, 11) is 1.59. The Hall–Kier alpha value is -3.41. The Morgan fingerprint density at radius 1 is 1.11 bits per heavy atom. The van der Waals surface area contributed by atoms with Crippen molar-refractivity contribution in [3.05, 3.63) is 69.8 Å². The van der Waals surface area contributed by atoms with Crippen LogP contribution >= 0.6 is 0 Å². The molecule has 1 aliphatic heterocycles. The van der Waals surface area contributed by atoms with E-state index in [1.165, 1.54) is 6.20 Å². The van der Waals surface area contributed by atoms with Crippen LogP contribution in [0.15, 0.2) is 68.7 Å². The number of ketones is 3. The third-order valence-electron chi connectivity index (χ3n) is 5.17. The van der Waals surface area contributed by atoms with E-state index < -0.39 is 5.92 Å². The van der Waals surface area contributed by atoms with Crippen LogP contribution in [0.2, 0.25) is 0 Å². The van der Waals surface area contributed by atoms with Gasteiger partial charge in [0.2, 0.25) is 5.78 Å². The predicted octanol–water partition coefficient (Wildman–Crippen LogP) is 3.26. The molecule has 4 rings (SSSR count). The SMILES string of the molecule is C=NC=C(C=NC)C1C2=C(CCCC2=O)OC2=C1C(=O)c1ccccc1C2=O. The third-order valence-corrected chi connectivity index (χ3v) is 5.17. The molecule has 1 unspecified atom stereocenters. The van der Waals surface area contributed by atoms with Gasteiger partial charge in [-0.15, -0.1) is 0 Å². The van der Waals surface area contributed by atoms with Crippen molar-refractivity contribution in [3.8, 4) is 0 Å². The van der Waals surface area contributed by atoms with Crippen molar-refractivity contribution in [3.63, 3.8) is 0 Å². The van der Waals surface area contributed by atoms with E-state index >= 15 is 0 Å². The number of hydrogen-bond donors (Lipinski definition) is 0. The molecule has 1 atom stereocenters. The minimum Gasteiger partial charge on any atom is -0.457 e. The van der Waals surface area contributed by atoms with Gasteiger partial charge < -0.3 is 4.74 Å². The van der Waals surface area contributed by atoms with Crippen LogP contribution in [0.25, 0.3) is 0 Å². The van der Waals surface area contributed by atoms with Crippen molar-refractivity contribution in [1.29, 1.82) is 0 Å². The molecule has 0 amide bonds. The standard InChI is InChI=1S/C22H18N2O4/c1-23-10-12(11-24-2)17-18-15(25)8-5-9-16(18)28-22-19(17)20(26)13-6-3-4-7-14(13)21(22)27/h3-4,6-7,10-11,17H,1,5,8-9H2,2H3. The first-order valence-corrected chi connectivity index (χ1v) is 9.03. The molecule has 28 heavy (non-hydrogen) atoms. The van der Waals surface area contributed by atoms with Gasteiger partial charge in [-0.1, -0.05) is 24.3 Å². The number of hydrogen-bond acceptors (Lipinski definition) is 6. The van der Waals surface area contributed by atoms with Crippen molar-refractivity contribution in [2.45, 2.75) is 19.3 Å². The Morgan fingerprint density at radius 3 is 2.50 bits per heavy atom. The number of aliphatic imine (C=N–C) groups is 2. The number of benzene rings is 1. The van der Waals surface area contributed by atoms with Crippen molar-refractivity contribution < 1.29 is 19.1 Å². The summed E-state index contributed by atoms with van der Waals surface area (Å²) in [6.07, 6.45) is 4.57. The van der Waals surface area contributed by atoms with Crippen LogP contribution in [0.4, 0.5) is 0 Å². The van der Waals surface area contributed by atoms with Gasteiger partial charge in [0.1, 0.15) is 5.76 Å². The normalized spacial score (nSPS) is 22.1. The van der Waals surface area contributed by atoms with Gasteiger partial charge in [-0.25, -0.2) is 0 Å². The van der Waals surface area contributed by atoms with Crippen LogP contribution in [0, 0.1) is 5.92 Å². The van der Waals surface area contributed by atoms with Gasteiger partial charge in [-0.3, -0.25) is 24.4 Å². The van der Waals surface area contributed by atoms with E-state index in [0.717, 1.165) is 0 Å². The lowest BCUT2D eigenvalue weighted by Crippen LogP contribution is -2.36. The lowest BCUT2D eigenvalue weighted by molar-refractivity contribution is -0.116. The maximum atomic E-state index is 13.4. The first-order valence-electron chi connectivity index (χ1n) is 9.03. The van der Waals surface area contributed by atoms with Gasteiger partial charge in [-0.2, -0.15) is 0 Å². The minimum absolute atomic E-state index is 0.00150. The molecule has 6 nitrogen and oxygen atoms in total. The summed E-state index contributed by atoms with van der Waals surface area (Å²) < 4.78 is 5.89. The number of rotatable bonds is 3. The quantitative estimate of drug-likeness (QED) is 0.760. The monoisotopic (exact) mass is 374 g/mol. The van der Waals surface area contributed by atoms with Crippen molar-refractivity contribution in [2.75, 3.05) is 7.05 Å². The number of allylic oxidation sites excluding steroid dienone is 5. The second-order valence-corrected chi connectivity index (χ2v) is 6.79. The molecule has 140 valence electrons. The number of ether oxygens (including phenoxy) is 1. The molecule has 0 bridgehead atoms. The number of fused-ring (bicyclic) bond motifs is 1. The molecular formula is C22H18N2O4. The zero-order valence-corrected chi connectivity index (χ0v) is 15.4. The van der Waals surface area contributed by atoms with E-state index in [0.29, 0.717) is 47.3 Å². The first-order chi connectivity index (χ1) is 13.6. The van der Waals surface area contributed by atoms with Gasteiger partial charge in [-0.05, 0) is 13.1 Å². The second-order valence-electron chi connectivity index (χ2n) is 6.79. The van der Waals surface area contributed by atoms with Crippen molar-refractivity contribution in [2.24, 2.45) is 15.9 Å². The maximum absolute atomic E-state index is 13.4. The van der Waals surface area contributed by atoms with E-state index in [-0.39, 0.29) is 28.7 Å². The fourth-order valence-electron chi connectivity index (χ4n) is 4.04. The highest BCUT2D eigenvalue weighted by atomic mass is 16.5. The Bertz CT molecular complexity index is 1060. The fourth-order valence-corrected chi connectivity index (χ4v) is 4.04. The van der Waals surface area contributed by atoms with E-state index in [1.807, 2.05) is 0 Å². The molecule has 0 aromatic heterocycles. The first kappa shape index (κ1) is 18.0. The summed E-state index contributed by atoms with van der Waals surface area (Å²) in [6.45, 7) is 3.49. The Morgan fingerprint density at radius 2 is 1.82 bits per heavy atom. The fraction of sp³-hybridized carbons (Fsp3) is 0.227. The van der Waals surface area contributed by atoms with Gasteiger partial charge in [0, 0.05) is 54.6 Å². The highest BCUT2D eigenvalue weighted by Crippen LogP contribution is 2.46. The molecule has 1 aromatic rings. The molecule has 0 spiro atoms. The molecule has 0 saturated heterocycles. The topological polar surface area (TPSA) is 85.2 Å². The van der Waals surface area contributed by atoms with Crippen LogP contribution in [0.1, 0.15) is 40.0 Å². The van der Waals surface area contributed by atoms with E-state index in [2.05, 4.69) is 16.7 Å². The van der Waals surface area contributed by atoms with Crippen molar-refractivity contribution in [1.82, 2.24) is 0 Å². The molecule has 0 N–H and O–H groups in total. The molecular weight excluding hydrogens is 356 g/mol. The number of carbonyl (C=O) groups is 3. The Kier molecular flexibility index (Phi) is 4.47. The van der Waals surface area contributed by atoms with Crippen molar-refractivity contribution >= 4 is 30.3 Å². The van der Waals surface area contributed by atoms with Crippen LogP contribution in [-0.2, 0) is 9.53 Å². The zero-order valence-electron chi connectivity index (χ0n) is 15.4. The van der Waals surface area contributed by atoms with E-state index in [4.69, 9.17) is 4.74 Å². The van der Waals surface area contributed by atoms with Crippen LogP contribution in [-0.4, -0.2) is 37.3 Å². The molecule has 1 heterocycles. The highest BCUT2D eigenvalue weighted by molar-refractivity contribution is 6.27. The zero-order chi connectivity index (χ0) is 19.8. The van der Waals surface area contributed by atoms with Gasteiger partial charge in [0.15, 0.2) is 17.3 Å². The average molecular weight is 374 g/mol. The molecule has 0 fully saturated rings. The van der Waals surface area contributed by atoms with Gasteiger partial charge in [0.25, 0.3) is 0 Å². The summed E-state index contributed by atoms with van der Waals surface area (Å²) in [4.78, 5) is 47.1. The highest BCUT2D eigenvalue weighted by Gasteiger charge is 2.46. The largest absolute Gasteiger partial charge is 0.457 e. The molecule has 0 saturated carbocycles. The molecule has 2 aliphatic carbocycles. The second kappa shape index (κ2) is 6.96. The summed E-state index contributed by atoms with van der Waals surface area (Å²) >= 11 is 0. The Balaban J connectivity index is 1.99. The lowest BCUT2D eigenvalue weighted by atomic mass is 9.72. The number of nitrogens with zero attached hydrogens (tertiary/aromatic N) is 2. The summed E-state index contributed by atoms with van der Waals surface area (Å²) in [5.74, 6) is -1.04. The molecule has 1 aromatic carbocycles. The summed E-state index contributed by atoms with van der Waals surface area (Å²) in [5.41, 5.74) is 1.74. The van der Waals surface area contributed by atoms with Gasteiger partial charge >= 0.3 is 0 Å². The van der Waals surface area contributed by atoms with E-state index in [9.17, 15) is 14.4 Å². The summed E-state index contributed by atoms with van der Waals surface area (Å²) in [6, 6.07) is 6.65. The predicted molar refractivity (Wildman–Crippen MR) is 105 cm³/mol. The van der Waals surface area contributed by atoms with Crippen LogP contribution in [0.5, 0.6) is 0 Å².